The molecule has 1 aliphatic heterocycles. The second-order valence-electron chi connectivity index (χ2n) is 8.53. The summed E-state index contributed by atoms with van der Waals surface area (Å²) in [4.78, 5) is 33.5. The van der Waals surface area contributed by atoms with Crippen LogP contribution < -0.4 is 10.2 Å². The molecule has 0 fully saturated rings. The molecule has 6 rings (SSSR count). The Labute approximate surface area is 216 Å². The number of aryl methyl sites for hydroxylation is 1. The van der Waals surface area contributed by atoms with E-state index in [2.05, 4.69) is 15.5 Å². The first-order valence-electron chi connectivity index (χ1n) is 11.5. The third-order valence-electron chi connectivity index (χ3n) is 6.13. The van der Waals surface area contributed by atoms with Crippen molar-refractivity contribution in [1.29, 1.82) is 0 Å². The molecule has 0 spiro atoms. The van der Waals surface area contributed by atoms with Crippen molar-refractivity contribution < 1.29 is 18.5 Å². The fraction of sp³-hybridized carbons (Fsp3) is 0.0714. The number of nitrogens with one attached hydrogen (secondary N) is 1. The second-order valence-corrected chi connectivity index (χ2v) is 9.61. The van der Waals surface area contributed by atoms with E-state index in [1.54, 1.807) is 30.1 Å². The number of hydrogen-bond acceptors (Lipinski definition) is 7. The Morgan fingerprint density at radius 1 is 0.973 bits per heavy atom. The molecule has 0 saturated heterocycles. The topological polar surface area (TPSA) is 101 Å². The zero-order valence-electron chi connectivity index (χ0n) is 19.9. The quantitative estimate of drug-likeness (QED) is 0.304. The van der Waals surface area contributed by atoms with Crippen LogP contribution in [0.3, 0.4) is 0 Å². The van der Waals surface area contributed by atoms with Gasteiger partial charge >= 0.3 is 0 Å². The number of benzene rings is 3. The van der Waals surface area contributed by atoms with E-state index in [0.29, 0.717) is 28.5 Å². The van der Waals surface area contributed by atoms with E-state index in [1.165, 1.54) is 18.0 Å². The highest BCUT2D eigenvalue weighted by molar-refractivity contribution is 7.99. The molecule has 9 heteroatoms. The average molecular weight is 509 g/mol. The predicted octanol–water partition coefficient (Wildman–Crippen LogP) is 6.30. The maximum Gasteiger partial charge on any atom is 0.291 e. The van der Waals surface area contributed by atoms with Crippen LogP contribution in [0.5, 0.6) is 0 Å². The third-order valence-corrected chi connectivity index (χ3v) is 7.25. The first-order valence-corrected chi connectivity index (χ1v) is 12.3. The maximum absolute atomic E-state index is 12.9. The molecule has 0 aliphatic carbocycles. The highest BCUT2D eigenvalue weighted by Gasteiger charge is 2.25. The van der Waals surface area contributed by atoms with Gasteiger partial charge in [-0.2, -0.15) is 4.98 Å². The van der Waals surface area contributed by atoms with Crippen LogP contribution in [-0.2, 0) is 0 Å². The summed E-state index contributed by atoms with van der Waals surface area (Å²) >= 11 is 1.53. The molecule has 5 aromatic rings. The van der Waals surface area contributed by atoms with Crippen molar-refractivity contribution in [2.75, 3.05) is 17.3 Å². The van der Waals surface area contributed by atoms with Crippen LogP contribution >= 0.6 is 11.8 Å². The van der Waals surface area contributed by atoms with Crippen molar-refractivity contribution in [3.63, 3.8) is 0 Å². The monoisotopic (exact) mass is 508 g/mol. The molecule has 1 aliphatic rings. The summed E-state index contributed by atoms with van der Waals surface area (Å²) in [6.07, 6.45) is 1.45. The first kappa shape index (κ1) is 22.8. The zero-order valence-corrected chi connectivity index (χ0v) is 20.7. The highest BCUT2D eigenvalue weighted by atomic mass is 32.2. The van der Waals surface area contributed by atoms with Gasteiger partial charge in [-0.05, 0) is 67.1 Å². The number of carbonyl (C=O) groups excluding carboxylic acids is 2. The molecular weight excluding hydrogens is 488 g/mol. The molecule has 2 amide bonds. The summed E-state index contributed by atoms with van der Waals surface area (Å²) in [5, 5.41) is 7.05. The number of anilines is 2. The Morgan fingerprint density at radius 3 is 2.65 bits per heavy atom. The number of fused-ring (bicyclic) bond motifs is 2. The molecule has 37 heavy (non-hydrogen) atoms. The molecule has 0 radical (unpaired) electrons. The number of amides is 2. The van der Waals surface area contributed by atoms with Gasteiger partial charge in [0.25, 0.3) is 17.7 Å². The van der Waals surface area contributed by atoms with E-state index in [4.69, 9.17) is 8.94 Å². The van der Waals surface area contributed by atoms with Gasteiger partial charge in [0.05, 0.1) is 17.5 Å². The van der Waals surface area contributed by atoms with Crippen LogP contribution in [0, 0.1) is 6.92 Å². The van der Waals surface area contributed by atoms with Crippen LogP contribution in [0.1, 0.15) is 26.5 Å². The Kier molecular flexibility index (Phi) is 5.61. The SMILES string of the molecule is Cc1ccc(-c2nc(-c3ccc4c(c3)Sc3ccccc3C(=O)N4C)no2)cc1NC(=O)c1ccco1. The van der Waals surface area contributed by atoms with E-state index in [1.807, 2.05) is 61.5 Å². The summed E-state index contributed by atoms with van der Waals surface area (Å²) in [6, 6.07) is 22.1. The molecule has 182 valence electrons. The lowest BCUT2D eigenvalue weighted by molar-refractivity contribution is 0.0985. The number of furan rings is 1. The molecule has 2 aromatic heterocycles. The minimum absolute atomic E-state index is 0.0502. The molecule has 0 saturated carbocycles. The van der Waals surface area contributed by atoms with Crippen molar-refractivity contribution in [1.82, 2.24) is 10.1 Å². The Morgan fingerprint density at radius 2 is 1.81 bits per heavy atom. The van der Waals surface area contributed by atoms with Crippen LogP contribution in [-0.4, -0.2) is 29.0 Å². The number of nitrogens with zero attached hydrogens (tertiary/aromatic N) is 3. The Balaban J connectivity index is 1.30. The highest BCUT2D eigenvalue weighted by Crippen LogP contribution is 2.42. The van der Waals surface area contributed by atoms with Crippen LogP contribution in [0.4, 0.5) is 11.4 Å². The van der Waals surface area contributed by atoms with Gasteiger partial charge in [0.15, 0.2) is 5.76 Å². The summed E-state index contributed by atoms with van der Waals surface area (Å²) in [5.74, 6) is 0.575. The standard InChI is InChI=1S/C28H20N4O4S/c1-16-9-10-18(14-20(16)29-26(33)22-7-5-13-35-22)27-30-25(31-36-27)17-11-12-21-24(15-17)37-23-8-4-3-6-19(23)28(34)32(21)2/h3-15H,1-2H3,(H,29,33). The second kappa shape index (κ2) is 9.11. The van der Waals surface area contributed by atoms with Crippen LogP contribution in [0.25, 0.3) is 22.8 Å². The van der Waals surface area contributed by atoms with Crippen LogP contribution in [0.2, 0.25) is 0 Å². The molecule has 3 heterocycles. The van der Waals surface area contributed by atoms with Crippen molar-refractivity contribution in [3.05, 3.63) is 95.9 Å². The summed E-state index contributed by atoms with van der Waals surface area (Å²) in [5.41, 5.74) is 4.41. The minimum atomic E-state index is -0.344. The third kappa shape index (κ3) is 4.19. The number of aromatic nitrogens is 2. The number of carbonyl (C=O) groups is 2. The zero-order chi connectivity index (χ0) is 25.5. The lowest BCUT2D eigenvalue weighted by atomic mass is 10.1. The molecule has 1 N–H and O–H groups in total. The lowest BCUT2D eigenvalue weighted by Crippen LogP contribution is -2.25. The van der Waals surface area contributed by atoms with Gasteiger partial charge in [0.2, 0.25) is 5.82 Å². The maximum atomic E-state index is 12.9. The fourth-order valence-corrected chi connectivity index (χ4v) is 5.24. The van der Waals surface area contributed by atoms with E-state index in [9.17, 15) is 9.59 Å². The molecule has 3 aromatic carbocycles. The fourth-order valence-electron chi connectivity index (χ4n) is 4.09. The lowest BCUT2D eigenvalue weighted by Gasteiger charge is -2.17. The summed E-state index contributed by atoms with van der Waals surface area (Å²) in [7, 11) is 1.77. The van der Waals surface area contributed by atoms with Gasteiger partial charge in [0, 0.05) is 33.7 Å². The van der Waals surface area contributed by atoms with Gasteiger partial charge in [-0.15, -0.1) is 0 Å². The van der Waals surface area contributed by atoms with E-state index in [-0.39, 0.29) is 17.6 Å². The largest absolute Gasteiger partial charge is 0.459 e. The summed E-state index contributed by atoms with van der Waals surface area (Å²) < 4.78 is 10.8. The van der Waals surface area contributed by atoms with Gasteiger partial charge < -0.3 is 19.2 Å². The molecule has 0 unspecified atom stereocenters. The molecule has 8 nitrogen and oxygen atoms in total. The van der Waals surface area contributed by atoms with Crippen molar-refractivity contribution in [2.45, 2.75) is 16.7 Å². The van der Waals surface area contributed by atoms with Gasteiger partial charge in [-0.25, -0.2) is 0 Å². The van der Waals surface area contributed by atoms with E-state index in [0.717, 1.165) is 26.6 Å². The first-order chi connectivity index (χ1) is 18.0. The molecule has 0 bridgehead atoms. The van der Waals surface area contributed by atoms with Gasteiger partial charge in [-0.3, -0.25) is 9.59 Å². The van der Waals surface area contributed by atoms with Gasteiger partial charge in [0.1, 0.15) is 0 Å². The Bertz CT molecular complexity index is 1660. The van der Waals surface area contributed by atoms with Gasteiger partial charge in [-0.1, -0.05) is 35.1 Å². The minimum Gasteiger partial charge on any atom is -0.459 e. The van der Waals surface area contributed by atoms with Crippen molar-refractivity contribution in [3.8, 4) is 22.8 Å². The van der Waals surface area contributed by atoms with E-state index >= 15 is 0 Å². The Hall–Kier alpha value is -4.63. The predicted molar refractivity (Wildman–Crippen MR) is 140 cm³/mol. The molecular formula is C28H20N4O4S. The molecule has 0 atom stereocenters. The van der Waals surface area contributed by atoms with Crippen LogP contribution in [0.15, 0.2) is 97.8 Å². The summed E-state index contributed by atoms with van der Waals surface area (Å²) in [6.45, 7) is 1.90. The number of hydrogen-bond donors (Lipinski definition) is 1. The van der Waals surface area contributed by atoms with Crippen molar-refractivity contribution in [2.24, 2.45) is 0 Å². The average Bonchev–Trinajstić information content (AvgIpc) is 3.61. The van der Waals surface area contributed by atoms with E-state index < -0.39 is 0 Å². The smallest absolute Gasteiger partial charge is 0.291 e. The normalized spacial score (nSPS) is 12.6. The number of rotatable bonds is 4. The van der Waals surface area contributed by atoms with Crippen molar-refractivity contribution >= 4 is 35.0 Å².